The Bertz CT molecular complexity index is 196. The highest BCUT2D eigenvalue weighted by atomic mass is 14.4. The van der Waals surface area contributed by atoms with Crippen LogP contribution >= 0.6 is 0 Å². The minimum absolute atomic E-state index is 0.980. The van der Waals surface area contributed by atoms with Gasteiger partial charge in [0.1, 0.15) is 0 Å². The van der Waals surface area contributed by atoms with Crippen molar-refractivity contribution in [2.24, 2.45) is 29.6 Å². The summed E-state index contributed by atoms with van der Waals surface area (Å²) in [6.45, 7) is 7.37. The minimum Gasteiger partial charge on any atom is -0.0651 e. The van der Waals surface area contributed by atoms with Crippen LogP contribution in [0.3, 0.4) is 0 Å². The van der Waals surface area contributed by atoms with E-state index in [-0.39, 0.29) is 0 Å². The van der Waals surface area contributed by atoms with E-state index in [2.05, 4.69) is 20.8 Å². The summed E-state index contributed by atoms with van der Waals surface area (Å²) in [6, 6.07) is 0. The Morgan fingerprint density at radius 2 is 1.73 bits per heavy atom. The van der Waals surface area contributed by atoms with Crippen molar-refractivity contribution in [2.75, 3.05) is 0 Å². The van der Waals surface area contributed by atoms with E-state index < -0.39 is 0 Å². The van der Waals surface area contributed by atoms with Gasteiger partial charge in [0.2, 0.25) is 0 Å². The Balaban J connectivity index is 2.06. The zero-order valence-electron chi connectivity index (χ0n) is 10.8. The Kier molecular flexibility index (Phi) is 3.74. The van der Waals surface area contributed by atoms with E-state index >= 15 is 0 Å². The lowest BCUT2D eigenvalue weighted by atomic mass is 9.68. The zero-order chi connectivity index (χ0) is 10.8. The van der Waals surface area contributed by atoms with Crippen molar-refractivity contribution in [3.8, 4) is 0 Å². The van der Waals surface area contributed by atoms with Gasteiger partial charge in [-0.05, 0) is 42.4 Å². The van der Waals surface area contributed by atoms with Gasteiger partial charge in [0.15, 0.2) is 0 Å². The second kappa shape index (κ2) is 4.89. The number of rotatable bonds is 1. The van der Waals surface area contributed by atoms with Crippen molar-refractivity contribution in [1.29, 1.82) is 0 Å². The zero-order valence-corrected chi connectivity index (χ0v) is 10.8. The first-order valence-corrected chi connectivity index (χ1v) is 7.22. The van der Waals surface area contributed by atoms with E-state index in [9.17, 15) is 0 Å². The van der Waals surface area contributed by atoms with Crippen LogP contribution in [0.5, 0.6) is 0 Å². The molecule has 0 saturated heterocycles. The minimum atomic E-state index is 0.980. The Labute approximate surface area is 95.8 Å². The molecule has 0 aromatic carbocycles. The second-order valence-corrected chi connectivity index (χ2v) is 6.29. The highest BCUT2D eigenvalue weighted by Gasteiger charge is 2.35. The Morgan fingerprint density at radius 3 is 2.47 bits per heavy atom. The first-order valence-electron chi connectivity index (χ1n) is 7.22. The molecule has 0 aliphatic heterocycles. The van der Waals surface area contributed by atoms with E-state index in [1.165, 1.54) is 44.9 Å². The molecule has 5 unspecified atom stereocenters. The molecule has 0 bridgehead atoms. The molecular weight excluding hydrogens is 180 g/mol. The van der Waals surface area contributed by atoms with Gasteiger partial charge >= 0.3 is 0 Å². The van der Waals surface area contributed by atoms with E-state index in [0.29, 0.717) is 0 Å². The summed E-state index contributed by atoms with van der Waals surface area (Å²) in [4.78, 5) is 0. The molecule has 0 heteroatoms. The SMILES string of the molecule is CCC1CCCC2CC(C)C(C)CCC12. The van der Waals surface area contributed by atoms with Gasteiger partial charge in [-0.15, -0.1) is 0 Å². The third-order valence-corrected chi connectivity index (χ3v) is 5.49. The van der Waals surface area contributed by atoms with Gasteiger partial charge in [0.25, 0.3) is 0 Å². The lowest BCUT2D eigenvalue weighted by Gasteiger charge is -2.37. The van der Waals surface area contributed by atoms with Crippen LogP contribution in [-0.4, -0.2) is 0 Å². The molecule has 0 aromatic rings. The summed E-state index contributed by atoms with van der Waals surface area (Å²) >= 11 is 0. The molecule has 0 aromatic heterocycles. The van der Waals surface area contributed by atoms with Crippen LogP contribution < -0.4 is 0 Å². The maximum absolute atomic E-state index is 2.49. The average Bonchev–Trinajstić information content (AvgIpc) is 2.39. The van der Waals surface area contributed by atoms with Gasteiger partial charge in [-0.1, -0.05) is 52.9 Å². The Hall–Kier alpha value is 0. The molecule has 0 nitrogen and oxygen atoms in total. The Morgan fingerprint density at radius 1 is 0.933 bits per heavy atom. The third kappa shape index (κ3) is 2.40. The normalized spacial score (nSPS) is 47.0. The predicted molar refractivity (Wildman–Crippen MR) is 66.8 cm³/mol. The topological polar surface area (TPSA) is 0 Å². The van der Waals surface area contributed by atoms with Crippen LogP contribution in [0, 0.1) is 29.6 Å². The van der Waals surface area contributed by atoms with Crippen molar-refractivity contribution in [1.82, 2.24) is 0 Å². The molecule has 0 amide bonds. The molecule has 2 saturated carbocycles. The van der Waals surface area contributed by atoms with E-state index in [1.807, 2.05) is 0 Å². The van der Waals surface area contributed by atoms with E-state index in [4.69, 9.17) is 0 Å². The molecule has 0 spiro atoms. The van der Waals surface area contributed by atoms with Crippen LogP contribution in [-0.2, 0) is 0 Å². The van der Waals surface area contributed by atoms with Gasteiger partial charge in [-0.25, -0.2) is 0 Å². The molecule has 0 radical (unpaired) electrons. The molecule has 2 fully saturated rings. The molecule has 88 valence electrons. The molecule has 0 N–H and O–H groups in total. The summed E-state index contributed by atoms with van der Waals surface area (Å²) in [5.41, 5.74) is 0. The maximum Gasteiger partial charge on any atom is -0.0357 e. The summed E-state index contributed by atoms with van der Waals surface area (Å²) < 4.78 is 0. The smallest absolute Gasteiger partial charge is 0.0357 e. The van der Waals surface area contributed by atoms with Crippen LogP contribution in [0.2, 0.25) is 0 Å². The molecule has 2 aliphatic carbocycles. The highest BCUT2D eigenvalue weighted by Crippen LogP contribution is 2.46. The van der Waals surface area contributed by atoms with E-state index in [0.717, 1.165) is 29.6 Å². The first-order chi connectivity index (χ1) is 7.22. The standard InChI is InChI=1S/C15H28/c1-4-13-6-5-7-14-10-12(3)11(2)8-9-15(13)14/h11-15H,4-10H2,1-3H3. The fraction of sp³-hybridized carbons (Fsp3) is 1.00. The summed E-state index contributed by atoms with van der Waals surface area (Å²) in [5.74, 6) is 5.21. The number of fused-ring (bicyclic) bond motifs is 1. The van der Waals surface area contributed by atoms with E-state index in [1.54, 1.807) is 0 Å². The molecule has 15 heavy (non-hydrogen) atoms. The molecule has 2 aliphatic rings. The van der Waals surface area contributed by atoms with Crippen molar-refractivity contribution in [3.05, 3.63) is 0 Å². The van der Waals surface area contributed by atoms with Gasteiger partial charge < -0.3 is 0 Å². The fourth-order valence-electron chi connectivity index (χ4n) is 4.18. The largest absolute Gasteiger partial charge is 0.0651 e. The van der Waals surface area contributed by atoms with Crippen LogP contribution in [0.1, 0.15) is 65.7 Å². The van der Waals surface area contributed by atoms with Crippen molar-refractivity contribution in [2.45, 2.75) is 65.7 Å². The fourth-order valence-corrected chi connectivity index (χ4v) is 4.18. The molecule has 5 atom stereocenters. The van der Waals surface area contributed by atoms with Crippen molar-refractivity contribution >= 4 is 0 Å². The molecular formula is C15H28. The summed E-state index contributed by atoms with van der Waals surface area (Å²) in [7, 11) is 0. The van der Waals surface area contributed by atoms with Gasteiger partial charge in [-0.2, -0.15) is 0 Å². The second-order valence-electron chi connectivity index (χ2n) is 6.29. The van der Waals surface area contributed by atoms with Crippen molar-refractivity contribution in [3.63, 3.8) is 0 Å². The summed E-state index contributed by atoms with van der Waals surface area (Å²) in [6.07, 6.45) is 10.6. The van der Waals surface area contributed by atoms with Gasteiger partial charge in [-0.3, -0.25) is 0 Å². The van der Waals surface area contributed by atoms with Crippen LogP contribution in [0.15, 0.2) is 0 Å². The molecule has 2 rings (SSSR count). The predicted octanol–water partition coefficient (Wildman–Crippen LogP) is 4.89. The molecule has 0 heterocycles. The van der Waals surface area contributed by atoms with Gasteiger partial charge in [0, 0.05) is 0 Å². The van der Waals surface area contributed by atoms with Crippen LogP contribution in [0.25, 0.3) is 0 Å². The number of hydrogen-bond donors (Lipinski definition) is 0. The quantitative estimate of drug-likeness (QED) is 0.576. The third-order valence-electron chi connectivity index (χ3n) is 5.49. The lowest BCUT2D eigenvalue weighted by Crippen LogP contribution is -2.27. The monoisotopic (exact) mass is 208 g/mol. The highest BCUT2D eigenvalue weighted by molar-refractivity contribution is 4.86. The van der Waals surface area contributed by atoms with Gasteiger partial charge in [0.05, 0.1) is 0 Å². The maximum atomic E-state index is 2.49. The van der Waals surface area contributed by atoms with Crippen molar-refractivity contribution < 1.29 is 0 Å². The van der Waals surface area contributed by atoms with Crippen LogP contribution in [0.4, 0.5) is 0 Å². The summed E-state index contributed by atoms with van der Waals surface area (Å²) in [5, 5.41) is 0. The number of hydrogen-bond acceptors (Lipinski definition) is 0. The average molecular weight is 208 g/mol. The first kappa shape index (κ1) is 11.5. The lowest BCUT2D eigenvalue weighted by molar-refractivity contribution is 0.132.